The topological polar surface area (TPSA) is 78.7 Å². The minimum Gasteiger partial charge on any atom is -0.459 e. The Morgan fingerprint density at radius 1 is 1.10 bits per heavy atom. The Morgan fingerprint density at radius 3 is 2.72 bits per heavy atom. The Morgan fingerprint density at radius 2 is 1.93 bits per heavy atom. The lowest BCUT2D eigenvalue weighted by Crippen LogP contribution is -2.51. The highest BCUT2D eigenvalue weighted by atomic mass is 16.3. The van der Waals surface area contributed by atoms with Crippen molar-refractivity contribution in [2.45, 2.75) is 51.1 Å². The second-order valence-electron chi connectivity index (χ2n) is 7.78. The van der Waals surface area contributed by atoms with E-state index in [1.165, 1.54) is 25.5 Å². The van der Waals surface area contributed by atoms with Crippen LogP contribution in [0.2, 0.25) is 0 Å². The molecule has 0 radical (unpaired) electrons. The molecular formula is C22H28N4O3. The molecule has 4 rings (SSSR count). The third-order valence-electron chi connectivity index (χ3n) is 5.75. The SMILES string of the molecule is O=C(NCc1ccnc(N2CCCCC2)c1)C1CCCCN1C(=O)c1ccco1. The molecule has 1 N–H and O–H groups in total. The van der Waals surface area contributed by atoms with E-state index in [4.69, 9.17) is 4.42 Å². The van der Waals surface area contributed by atoms with Crippen LogP contribution in [0, 0.1) is 0 Å². The summed E-state index contributed by atoms with van der Waals surface area (Å²) in [5.74, 6) is 0.931. The lowest BCUT2D eigenvalue weighted by atomic mass is 10.0. The number of pyridine rings is 1. The van der Waals surface area contributed by atoms with Gasteiger partial charge in [0.05, 0.1) is 6.26 Å². The molecule has 0 saturated carbocycles. The van der Waals surface area contributed by atoms with E-state index >= 15 is 0 Å². The fourth-order valence-electron chi connectivity index (χ4n) is 4.16. The summed E-state index contributed by atoms with van der Waals surface area (Å²) in [5, 5.41) is 3.02. The zero-order valence-corrected chi connectivity index (χ0v) is 16.7. The van der Waals surface area contributed by atoms with Crippen LogP contribution in [0.1, 0.15) is 54.6 Å². The second kappa shape index (κ2) is 9.11. The molecule has 0 spiro atoms. The average Bonchev–Trinajstić information content (AvgIpc) is 3.33. The fraction of sp³-hybridized carbons (Fsp3) is 0.500. The Balaban J connectivity index is 1.38. The van der Waals surface area contributed by atoms with Gasteiger partial charge in [0.1, 0.15) is 11.9 Å². The quantitative estimate of drug-likeness (QED) is 0.841. The van der Waals surface area contributed by atoms with Gasteiger partial charge in [0.25, 0.3) is 5.91 Å². The van der Waals surface area contributed by atoms with Crippen molar-refractivity contribution < 1.29 is 14.0 Å². The first-order valence-corrected chi connectivity index (χ1v) is 10.5. The Hall–Kier alpha value is -2.83. The van der Waals surface area contributed by atoms with Crippen LogP contribution < -0.4 is 10.2 Å². The number of likely N-dealkylation sites (tertiary alicyclic amines) is 1. The Labute approximate surface area is 171 Å². The number of furan rings is 1. The van der Waals surface area contributed by atoms with E-state index in [1.54, 1.807) is 23.2 Å². The molecule has 0 aromatic carbocycles. The zero-order chi connectivity index (χ0) is 20.1. The number of piperidine rings is 2. The number of rotatable bonds is 5. The van der Waals surface area contributed by atoms with Gasteiger partial charge in [-0.15, -0.1) is 0 Å². The normalized spacial score (nSPS) is 19.8. The van der Waals surface area contributed by atoms with E-state index in [-0.39, 0.29) is 17.6 Å². The summed E-state index contributed by atoms with van der Waals surface area (Å²) in [7, 11) is 0. The van der Waals surface area contributed by atoms with Gasteiger partial charge in [-0.1, -0.05) is 0 Å². The molecule has 1 atom stereocenters. The molecule has 0 bridgehead atoms. The average molecular weight is 396 g/mol. The number of nitrogens with zero attached hydrogens (tertiary/aromatic N) is 3. The molecule has 2 amide bonds. The van der Waals surface area contributed by atoms with Gasteiger partial charge in [0.2, 0.25) is 5.91 Å². The Kier molecular flexibility index (Phi) is 6.12. The summed E-state index contributed by atoms with van der Waals surface area (Å²) in [6.07, 6.45) is 9.48. The molecule has 2 aliphatic heterocycles. The molecule has 1 unspecified atom stereocenters. The lowest BCUT2D eigenvalue weighted by Gasteiger charge is -2.34. The third-order valence-corrected chi connectivity index (χ3v) is 5.75. The molecule has 7 nitrogen and oxygen atoms in total. The molecule has 4 heterocycles. The van der Waals surface area contributed by atoms with Crippen molar-refractivity contribution in [2.75, 3.05) is 24.5 Å². The molecule has 2 saturated heterocycles. The molecule has 154 valence electrons. The highest BCUT2D eigenvalue weighted by molar-refractivity contribution is 5.95. The number of amides is 2. The lowest BCUT2D eigenvalue weighted by molar-refractivity contribution is -0.126. The second-order valence-corrected chi connectivity index (χ2v) is 7.78. The molecule has 2 aromatic rings. The number of carbonyl (C=O) groups is 2. The van der Waals surface area contributed by atoms with Crippen LogP contribution in [0.3, 0.4) is 0 Å². The molecule has 29 heavy (non-hydrogen) atoms. The van der Waals surface area contributed by atoms with E-state index in [9.17, 15) is 9.59 Å². The largest absolute Gasteiger partial charge is 0.459 e. The zero-order valence-electron chi connectivity index (χ0n) is 16.7. The van der Waals surface area contributed by atoms with Gasteiger partial charge in [-0.25, -0.2) is 4.98 Å². The van der Waals surface area contributed by atoms with Crippen LogP contribution in [-0.2, 0) is 11.3 Å². The monoisotopic (exact) mass is 396 g/mol. The van der Waals surface area contributed by atoms with Crippen molar-refractivity contribution in [1.82, 2.24) is 15.2 Å². The van der Waals surface area contributed by atoms with Crippen molar-refractivity contribution in [1.29, 1.82) is 0 Å². The first kappa shape index (κ1) is 19.5. The number of hydrogen-bond donors (Lipinski definition) is 1. The summed E-state index contributed by atoms with van der Waals surface area (Å²) >= 11 is 0. The summed E-state index contributed by atoms with van der Waals surface area (Å²) in [4.78, 5) is 34.0. The van der Waals surface area contributed by atoms with E-state index in [1.807, 2.05) is 6.07 Å². The summed E-state index contributed by atoms with van der Waals surface area (Å²) < 4.78 is 5.24. The van der Waals surface area contributed by atoms with E-state index in [0.29, 0.717) is 19.5 Å². The summed E-state index contributed by atoms with van der Waals surface area (Å²) in [5.41, 5.74) is 1.02. The van der Waals surface area contributed by atoms with E-state index in [0.717, 1.165) is 37.3 Å². The van der Waals surface area contributed by atoms with Gasteiger partial charge >= 0.3 is 0 Å². The predicted molar refractivity (Wildman–Crippen MR) is 110 cm³/mol. The number of aromatic nitrogens is 1. The highest BCUT2D eigenvalue weighted by Gasteiger charge is 2.33. The Bertz CT molecular complexity index is 830. The molecular weight excluding hydrogens is 368 g/mol. The van der Waals surface area contributed by atoms with E-state index < -0.39 is 6.04 Å². The van der Waals surface area contributed by atoms with Gasteiger partial charge in [-0.05, 0) is 68.4 Å². The number of anilines is 1. The fourth-order valence-corrected chi connectivity index (χ4v) is 4.16. The molecule has 2 aromatic heterocycles. The standard InChI is InChI=1S/C22H28N4O3/c27-21(18-7-2-5-13-26(18)22(28)19-8-6-14-29-19)24-16-17-9-10-23-20(15-17)25-11-3-1-4-12-25/h6,8-10,14-15,18H,1-5,7,11-13,16H2,(H,24,27). The number of hydrogen-bond acceptors (Lipinski definition) is 5. The first-order valence-electron chi connectivity index (χ1n) is 10.5. The van der Waals surface area contributed by atoms with Crippen LogP contribution in [0.4, 0.5) is 5.82 Å². The van der Waals surface area contributed by atoms with Gasteiger partial charge in [0, 0.05) is 32.4 Å². The van der Waals surface area contributed by atoms with Crippen molar-refractivity contribution >= 4 is 17.6 Å². The molecule has 7 heteroatoms. The third kappa shape index (κ3) is 4.60. The predicted octanol–water partition coefficient (Wildman–Crippen LogP) is 2.98. The molecule has 0 aliphatic carbocycles. The van der Waals surface area contributed by atoms with Gasteiger partial charge in [0.15, 0.2) is 5.76 Å². The smallest absolute Gasteiger partial charge is 0.290 e. The summed E-state index contributed by atoms with van der Waals surface area (Å²) in [6, 6.07) is 6.86. The maximum absolute atomic E-state index is 12.9. The van der Waals surface area contributed by atoms with Crippen LogP contribution in [0.5, 0.6) is 0 Å². The maximum Gasteiger partial charge on any atom is 0.290 e. The first-order chi connectivity index (χ1) is 14.2. The van der Waals surface area contributed by atoms with E-state index in [2.05, 4.69) is 21.3 Å². The molecule has 2 aliphatic rings. The van der Waals surface area contributed by atoms with Crippen LogP contribution in [0.25, 0.3) is 0 Å². The van der Waals surface area contributed by atoms with Crippen molar-refractivity contribution in [3.05, 3.63) is 48.0 Å². The summed E-state index contributed by atoms with van der Waals surface area (Å²) in [6.45, 7) is 3.08. The number of carbonyl (C=O) groups excluding carboxylic acids is 2. The van der Waals surface area contributed by atoms with Crippen LogP contribution in [-0.4, -0.2) is 47.4 Å². The minimum absolute atomic E-state index is 0.110. The van der Waals surface area contributed by atoms with Crippen molar-refractivity contribution in [2.24, 2.45) is 0 Å². The van der Waals surface area contributed by atoms with Crippen LogP contribution >= 0.6 is 0 Å². The van der Waals surface area contributed by atoms with Crippen LogP contribution in [0.15, 0.2) is 41.1 Å². The molecule has 2 fully saturated rings. The van der Waals surface area contributed by atoms with Crippen molar-refractivity contribution in [3.8, 4) is 0 Å². The van der Waals surface area contributed by atoms with Gasteiger partial charge in [-0.2, -0.15) is 0 Å². The minimum atomic E-state index is -0.454. The van der Waals surface area contributed by atoms with Crippen molar-refractivity contribution in [3.63, 3.8) is 0 Å². The highest BCUT2D eigenvalue weighted by Crippen LogP contribution is 2.21. The van der Waals surface area contributed by atoms with Gasteiger partial charge in [-0.3, -0.25) is 9.59 Å². The maximum atomic E-state index is 12.9. The van der Waals surface area contributed by atoms with Gasteiger partial charge < -0.3 is 19.5 Å². The number of nitrogens with one attached hydrogen (secondary N) is 1.